The lowest BCUT2D eigenvalue weighted by Crippen LogP contribution is -2.34. The van der Waals surface area contributed by atoms with Gasteiger partial charge in [0.05, 0.1) is 0 Å². The Morgan fingerprint density at radius 2 is 2.00 bits per heavy atom. The molecule has 0 aromatic heterocycles. The Hall–Kier alpha value is -1.70. The SMILES string of the molecule is N#CC(N)(O)c1ccc(C=O)cc1. The van der Waals surface area contributed by atoms with E-state index in [4.69, 9.17) is 11.0 Å². The zero-order valence-electron chi connectivity index (χ0n) is 6.77. The summed E-state index contributed by atoms with van der Waals surface area (Å²) in [4.78, 5) is 10.3. The van der Waals surface area contributed by atoms with Gasteiger partial charge < -0.3 is 5.11 Å². The Morgan fingerprint density at radius 3 is 2.38 bits per heavy atom. The van der Waals surface area contributed by atoms with Crippen LogP contribution in [0.1, 0.15) is 15.9 Å². The minimum absolute atomic E-state index is 0.264. The number of hydrogen-bond donors (Lipinski definition) is 2. The van der Waals surface area contributed by atoms with Gasteiger partial charge in [-0.25, -0.2) is 0 Å². The molecule has 0 bridgehead atoms. The summed E-state index contributed by atoms with van der Waals surface area (Å²) in [5.41, 5.74) is 3.98. The summed E-state index contributed by atoms with van der Waals surface area (Å²) >= 11 is 0. The van der Waals surface area contributed by atoms with Crippen LogP contribution in [0.25, 0.3) is 0 Å². The van der Waals surface area contributed by atoms with E-state index in [1.807, 2.05) is 0 Å². The summed E-state index contributed by atoms with van der Waals surface area (Å²) in [7, 11) is 0. The lowest BCUT2D eigenvalue weighted by Gasteiger charge is -2.13. The molecule has 1 aromatic carbocycles. The first kappa shape index (κ1) is 9.39. The van der Waals surface area contributed by atoms with Crippen molar-refractivity contribution in [1.82, 2.24) is 0 Å². The first-order valence-electron chi connectivity index (χ1n) is 3.58. The molecule has 0 spiro atoms. The van der Waals surface area contributed by atoms with Crippen molar-refractivity contribution in [3.05, 3.63) is 35.4 Å². The van der Waals surface area contributed by atoms with Crippen molar-refractivity contribution < 1.29 is 9.90 Å². The van der Waals surface area contributed by atoms with Gasteiger partial charge in [0.1, 0.15) is 12.4 Å². The van der Waals surface area contributed by atoms with Crippen LogP contribution in [0.5, 0.6) is 0 Å². The molecule has 1 aromatic rings. The highest BCUT2D eigenvalue weighted by Gasteiger charge is 2.22. The number of rotatable bonds is 2. The summed E-state index contributed by atoms with van der Waals surface area (Å²) in [6.45, 7) is 0. The molecule has 0 aliphatic heterocycles. The second kappa shape index (κ2) is 3.35. The topological polar surface area (TPSA) is 87.1 Å². The van der Waals surface area contributed by atoms with Crippen LogP contribution in [0.2, 0.25) is 0 Å². The maximum absolute atomic E-state index is 10.3. The molecule has 0 saturated carbocycles. The second-order valence-electron chi connectivity index (χ2n) is 2.62. The Labute approximate surface area is 75.2 Å². The van der Waals surface area contributed by atoms with Crippen LogP contribution in [0.4, 0.5) is 0 Å². The van der Waals surface area contributed by atoms with Crippen LogP contribution in [0.15, 0.2) is 24.3 Å². The van der Waals surface area contributed by atoms with Crippen LogP contribution in [-0.2, 0) is 5.72 Å². The van der Waals surface area contributed by atoms with E-state index < -0.39 is 5.72 Å². The third-order valence-corrected chi connectivity index (χ3v) is 1.66. The quantitative estimate of drug-likeness (QED) is 0.381. The maximum Gasteiger partial charge on any atom is 0.229 e. The lowest BCUT2D eigenvalue weighted by atomic mass is 10.0. The Morgan fingerprint density at radius 1 is 1.46 bits per heavy atom. The van der Waals surface area contributed by atoms with Gasteiger partial charge in [-0.15, -0.1) is 0 Å². The molecule has 0 fully saturated rings. The van der Waals surface area contributed by atoms with E-state index in [1.54, 1.807) is 6.07 Å². The van der Waals surface area contributed by atoms with Gasteiger partial charge >= 0.3 is 0 Å². The molecule has 4 nitrogen and oxygen atoms in total. The van der Waals surface area contributed by atoms with Gasteiger partial charge in [-0.05, 0) is 0 Å². The Balaban J connectivity index is 3.07. The number of carbonyl (C=O) groups is 1. The van der Waals surface area contributed by atoms with Crippen molar-refractivity contribution in [1.29, 1.82) is 5.26 Å². The predicted octanol–water partition coefficient (Wildman–Crippen LogP) is 0.126. The molecule has 0 aliphatic carbocycles. The number of carbonyl (C=O) groups excluding carboxylic acids is 1. The first-order valence-corrected chi connectivity index (χ1v) is 3.58. The van der Waals surface area contributed by atoms with Crippen LogP contribution in [-0.4, -0.2) is 11.4 Å². The van der Waals surface area contributed by atoms with E-state index in [0.717, 1.165) is 0 Å². The number of nitrogens with zero attached hydrogens (tertiary/aromatic N) is 1. The van der Waals surface area contributed by atoms with E-state index in [-0.39, 0.29) is 5.56 Å². The van der Waals surface area contributed by atoms with Crippen LogP contribution < -0.4 is 5.73 Å². The normalized spacial score (nSPS) is 14.2. The van der Waals surface area contributed by atoms with E-state index in [0.29, 0.717) is 11.8 Å². The van der Waals surface area contributed by atoms with Crippen LogP contribution in [0, 0.1) is 11.3 Å². The monoisotopic (exact) mass is 176 g/mol. The van der Waals surface area contributed by atoms with Gasteiger partial charge in [0, 0.05) is 11.1 Å². The predicted molar refractivity (Wildman–Crippen MR) is 45.5 cm³/mol. The fourth-order valence-electron chi connectivity index (χ4n) is 0.880. The molecule has 13 heavy (non-hydrogen) atoms. The maximum atomic E-state index is 10.3. The third kappa shape index (κ3) is 1.90. The Bertz CT molecular complexity index is 349. The van der Waals surface area contributed by atoms with E-state index >= 15 is 0 Å². The fourth-order valence-corrected chi connectivity index (χ4v) is 0.880. The van der Waals surface area contributed by atoms with Gasteiger partial charge in [-0.1, -0.05) is 24.3 Å². The largest absolute Gasteiger partial charge is 0.360 e. The van der Waals surface area contributed by atoms with Crippen molar-refractivity contribution in [2.75, 3.05) is 0 Å². The summed E-state index contributed by atoms with van der Waals surface area (Å²) in [6, 6.07) is 7.38. The van der Waals surface area contributed by atoms with Gasteiger partial charge in [0.2, 0.25) is 5.72 Å². The van der Waals surface area contributed by atoms with Crippen molar-refractivity contribution in [2.45, 2.75) is 5.72 Å². The summed E-state index contributed by atoms with van der Waals surface area (Å²) < 4.78 is 0. The molecule has 0 aliphatic rings. The fraction of sp³-hybridized carbons (Fsp3) is 0.111. The average Bonchev–Trinajstić information content (AvgIpc) is 2.18. The van der Waals surface area contributed by atoms with Crippen molar-refractivity contribution >= 4 is 6.29 Å². The number of aliphatic hydroxyl groups is 1. The molecule has 66 valence electrons. The number of benzene rings is 1. The molecule has 0 amide bonds. The number of nitriles is 1. The number of hydrogen-bond acceptors (Lipinski definition) is 4. The van der Waals surface area contributed by atoms with Crippen molar-refractivity contribution in [3.63, 3.8) is 0 Å². The molecule has 4 heteroatoms. The lowest BCUT2D eigenvalue weighted by molar-refractivity contribution is 0.105. The van der Waals surface area contributed by atoms with Gasteiger partial charge in [-0.2, -0.15) is 5.26 Å². The second-order valence-corrected chi connectivity index (χ2v) is 2.62. The summed E-state index contributed by atoms with van der Waals surface area (Å²) in [5, 5.41) is 17.8. The van der Waals surface area contributed by atoms with E-state index in [1.165, 1.54) is 24.3 Å². The molecule has 1 atom stereocenters. The van der Waals surface area contributed by atoms with Gasteiger partial charge in [-0.3, -0.25) is 10.5 Å². The first-order chi connectivity index (χ1) is 6.10. The highest BCUT2D eigenvalue weighted by atomic mass is 16.3. The molecule has 0 heterocycles. The molecule has 1 unspecified atom stereocenters. The highest BCUT2D eigenvalue weighted by Crippen LogP contribution is 2.13. The number of aldehydes is 1. The minimum Gasteiger partial charge on any atom is -0.360 e. The molecule has 3 N–H and O–H groups in total. The van der Waals surface area contributed by atoms with Crippen molar-refractivity contribution in [2.24, 2.45) is 5.73 Å². The average molecular weight is 176 g/mol. The molecular formula is C9H8N2O2. The summed E-state index contributed by atoms with van der Waals surface area (Å²) in [5.74, 6) is 0. The van der Waals surface area contributed by atoms with E-state index in [9.17, 15) is 9.90 Å². The smallest absolute Gasteiger partial charge is 0.229 e. The molecule has 1 rings (SSSR count). The van der Waals surface area contributed by atoms with Crippen molar-refractivity contribution in [3.8, 4) is 6.07 Å². The molecule has 0 saturated heterocycles. The van der Waals surface area contributed by atoms with Gasteiger partial charge in [0.25, 0.3) is 0 Å². The minimum atomic E-state index is -1.98. The van der Waals surface area contributed by atoms with Gasteiger partial charge in [0.15, 0.2) is 0 Å². The standard InChI is InChI=1S/C9H8N2O2/c10-6-9(11,13)8-3-1-7(5-12)2-4-8/h1-5,13H,11H2. The highest BCUT2D eigenvalue weighted by molar-refractivity contribution is 5.74. The zero-order chi connectivity index (χ0) is 9.90. The Kier molecular flexibility index (Phi) is 2.42. The molecular weight excluding hydrogens is 168 g/mol. The van der Waals surface area contributed by atoms with Crippen LogP contribution >= 0.6 is 0 Å². The van der Waals surface area contributed by atoms with Crippen LogP contribution in [0.3, 0.4) is 0 Å². The van der Waals surface area contributed by atoms with E-state index in [2.05, 4.69) is 0 Å². The number of nitrogens with two attached hydrogens (primary N) is 1. The zero-order valence-corrected chi connectivity index (χ0v) is 6.77. The summed E-state index contributed by atoms with van der Waals surface area (Å²) in [6.07, 6.45) is 0.672. The molecule has 0 radical (unpaired) electrons. The third-order valence-electron chi connectivity index (χ3n) is 1.66.